The largest absolute Gasteiger partial charge is 0.492 e. The number of anilines is 2. The lowest BCUT2D eigenvalue weighted by Crippen LogP contribution is -2.19. The number of carbonyl (C=O) groups is 1. The average Bonchev–Trinajstić information content (AvgIpc) is 2.70. The maximum Gasteiger partial charge on any atom is 0.275 e. The topological polar surface area (TPSA) is 67.3 Å². The van der Waals surface area contributed by atoms with Crippen LogP contribution in [0.25, 0.3) is 0 Å². The maximum atomic E-state index is 12.5. The zero-order valence-electron chi connectivity index (χ0n) is 15.4. The zero-order chi connectivity index (χ0) is 19.1. The van der Waals surface area contributed by atoms with Gasteiger partial charge in [0.25, 0.3) is 5.91 Å². The first-order chi connectivity index (χ1) is 13.2. The van der Waals surface area contributed by atoms with Gasteiger partial charge in [-0.05, 0) is 24.6 Å². The molecule has 3 aromatic rings. The predicted octanol–water partition coefficient (Wildman–Crippen LogP) is 3.76. The first-order valence-corrected chi connectivity index (χ1v) is 8.77. The van der Waals surface area contributed by atoms with Gasteiger partial charge in [0.15, 0.2) is 0 Å². The number of amides is 1. The molecule has 0 atom stereocenters. The highest BCUT2D eigenvalue weighted by Crippen LogP contribution is 2.24. The summed E-state index contributed by atoms with van der Waals surface area (Å²) in [5.41, 5.74) is 2.03. The van der Waals surface area contributed by atoms with Crippen LogP contribution in [-0.2, 0) is 6.54 Å². The quantitative estimate of drug-likeness (QED) is 0.693. The Balaban J connectivity index is 1.67. The molecule has 2 aromatic carbocycles. The van der Waals surface area contributed by atoms with Gasteiger partial charge in [0.05, 0.1) is 24.7 Å². The fourth-order valence-electron chi connectivity index (χ4n) is 2.61. The second-order valence-electron chi connectivity index (χ2n) is 5.98. The number of rotatable bonds is 7. The number of aromatic nitrogens is 2. The van der Waals surface area contributed by atoms with Gasteiger partial charge in [-0.15, -0.1) is 0 Å². The molecule has 0 fully saturated rings. The molecule has 6 heteroatoms. The van der Waals surface area contributed by atoms with E-state index >= 15 is 0 Å². The first-order valence-electron chi connectivity index (χ1n) is 8.77. The van der Waals surface area contributed by atoms with Crippen LogP contribution in [0.15, 0.2) is 67.0 Å². The summed E-state index contributed by atoms with van der Waals surface area (Å²) in [6.45, 7) is 3.13. The number of hydrogen-bond acceptors (Lipinski definition) is 5. The first kappa shape index (κ1) is 18.4. The third kappa shape index (κ3) is 4.82. The molecule has 0 radical (unpaired) electrons. The molecule has 1 aromatic heterocycles. The van der Waals surface area contributed by atoms with E-state index in [1.54, 1.807) is 12.3 Å². The van der Waals surface area contributed by atoms with Crippen LogP contribution < -0.4 is 15.0 Å². The lowest BCUT2D eigenvalue weighted by molar-refractivity contribution is 0.102. The molecule has 0 aliphatic carbocycles. The van der Waals surface area contributed by atoms with E-state index in [0.717, 1.165) is 0 Å². The van der Waals surface area contributed by atoms with Crippen LogP contribution in [0.2, 0.25) is 0 Å². The standard InChI is InChI=1S/C21H22N4O2/c1-3-27-19-12-8-7-11-17(19)24-21(26)18-13-23-20(14-22-18)25(2)15-16-9-5-4-6-10-16/h4-14H,3,15H2,1-2H3,(H,24,26). The average molecular weight is 362 g/mol. The highest BCUT2D eigenvalue weighted by molar-refractivity contribution is 6.03. The van der Waals surface area contributed by atoms with Crippen LogP contribution in [0, 0.1) is 0 Å². The minimum Gasteiger partial charge on any atom is -0.492 e. The zero-order valence-corrected chi connectivity index (χ0v) is 15.4. The van der Waals surface area contributed by atoms with Crippen molar-refractivity contribution in [2.24, 2.45) is 0 Å². The number of nitrogens with one attached hydrogen (secondary N) is 1. The Labute approximate surface area is 158 Å². The Morgan fingerprint density at radius 2 is 1.78 bits per heavy atom. The van der Waals surface area contributed by atoms with Crippen molar-refractivity contribution < 1.29 is 9.53 Å². The number of hydrogen-bond donors (Lipinski definition) is 1. The molecule has 0 saturated heterocycles. The predicted molar refractivity (Wildman–Crippen MR) is 106 cm³/mol. The molecule has 27 heavy (non-hydrogen) atoms. The fraction of sp³-hybridized carbons (Fsp3) is 0.190. The van der Waals surface area contributed by atoms with Gasteiger partial charge in [0.1, 0.15) is 17.3 Å². The molecule has 0 aliphatic heterocycles. The van der Waals surface area contributed by atoms with Crippen molar-refractivity contribution in [3.8, 4) is 5.75 Å². The minimum atomic E-state index is -0.327. The summed E-state index contributed by atoms with van der Waals surface area (Å²) in [5, 5.41) is 2.82. The van der Waals surface area contributed by atoms with Gasteiger partial charge in [0, 0.05) is 13.6 Å². The minimum absolute atomic E-state index is 0.248. The van der Waals surface area contributed by atoms with Gasteiger partial charge in [-0.1, -0.05) is 42.5 Å². The summed E-state index contributed by atoms with van der Waals surface area (Å²) in [7, 11) is 1.94. The molecule has 138 valence electrons. The van der Waals surface area contributed by atoms with Crippen LogP contribution in [0.5, 0.6) is 5.75 Å². The summed E-state index contributed by atoms with van der Waals surface area (Å²) in [6, 6.07) is 17.4. The van der Waals surface area contributed by atoms with Gasteiger partial charge in [0.2, 0.25) is 0 Å². The Kier molecular flexibility index (Phi) is 5.99. The van der Waals surface area contributed by atoms with E-state index in [-0.39, 0.29) is 11.6 Å². The van der Waals surface area contributed by atoms with Crippen LogP contribution in [-0.4, -0.2) is 29.5 Å². The molecule has 0 aliphatic rings. The second kappa shape index (κ2) is 8.80. The van der Waals surface area contributed by atoms with E-state index in [1.165, 1.54) is 11.8 Å². The van der Waals surface area contributed by atoms with Crippen molar-refractivity contribution in [2.75, 3.05) is 23.9 Å². The number of carbonyl (C=O) groups excluding carboxylic acids is 1. The molecule has 6 nitrogen and oxygen atoms in total. The normalized spacial score (nSPS) is 10.3. The third-order valence-electron chi connectivity index (χ3n) is 3.96. The van der Waals surface area contributed by atoms with Gasteiger partial charge < -0.3 is 15.0 Å². The molecule has 0 unspecified atom stereocenters. The van der Waals surface area contributed by atoms with Gasteiger partial charge in [-0.3, -0.25) is 4.79 Å². The number of benzene rings is 2. The number of para-hydroxylation sites is 2. The van der Waals surface area contributed by atoms with Crippen molar-refractivity contribution in [3.05, 3.63) is 78.2 Å². The highest BCUT2D eigenvalue weighted by atomic mass is 16.5. The Morgan fingerprint density at radius 3 is 2.48 bits per heavy atom. The van der Waals surface area contributed by atoms with E-state index in [9.17, 15) is 4.79 Å². The maximum absolute atomic E-state index is 12.5. The highest BCUT2D eigenvalue weighted by Gasteiger charge is 2.12. The molecule has 0 spiro atoms. The van der Waals surface area contributed by atoms with Gasteiger partial charge in [-0.2, -0.15) is 0 Å². The van der Waals surface area contributed by atoms with Crippen LogP contribution >= 0.6 is 0 Å². The van der Waals surface area contributed by atoms with Gasteiger partial charge >= 0.3 is 0 Å². The van der Waals surface area contributed by atoms with E-state index < -0.39 is 0 Å². The molecule has 3 rings (SSSR count). The molecule has 1 heterocycles. The molecular weight excluding hydrogens is 340 g/mol. The smallest absolute Gasteiger partial charge is 0.275 e. The van der Waals surface area contributed by atoms with E-state index in [2.05, 4.69) is 27.4 Å². The van der Waals surface area contributed by atoms with Crippen LogP contribution in [0.3, 0.4) is 0 Å². The lowest BCUT2D eigenvalue weighted by Gasteiger charge is -2.18. The van der Waals surface area contributed by atoms with Crippen LogP contribution in [0.1, 0.15) is 23.0 Å². The van der Waals surface area contributed by atoms with Crippen LogP contribution in [0.4, 0.5) is 11.5 Å². The number of ether oxygens (including phenoxy) is 1. The molecule has 1 N–H and O–H groups in total. The van der Waals surface area contributed by atoms with Crippen molar-refractivity contribution in [3.63, 3.8) is 0 Å². The van der Waals surface area contributed by atoms with Gasteiger partial charge in [-0.25, -0.2) is 9.97 Å². The summed E-state index contributed by atoms with van der Waals surface area (Å²) in [5.74, 6) is 0.998. The summed E-state index contributed by atoms with van der Waals surface area (Å²) in [4.78, 5) is 23.1. The molecule has 0 saturated carbocycles. The summed E-state index contributed by atoms with van der Waals surface area (Å²) in [6.07, 6.45) is 3.09. The molecule has 1 amide bonds. The fourth-order valence-corrected chi connectivity index (χ4v) is 2.61. The molecular formula is C21H22N4O2. The Hall–Kier alpha value is -3.41. The SMILES string of the molecule is CCOc1ccccc1NC(=O)c1cnc(N(C)Cc2ccccc2)cn1. The van der Waals surface area contributed by atoms with E-state index in [0.29, 0.717) is 30.4 Å². The monoisotopic (exact) mass is 362 g/mol. The van der Waals surface area contributed by atoms with Crippen molar-refractivity contribution in [2.45, 2.75) is 13.5 Å². The van der Waals surface area contributed by atoms with E-state index in [4.69, 9.17) is 4.74 Å². The van der Waals surface area contributed by atoms with Crippen molar-refractivity contribution in [1.29, 1.82) is 0 Å². The summed E-state index contributed by atoms with van der Waals surface area (Å²) < 4.78 is 5.52. The van der Waals surface area contributed by atoms with Crippen molar-refractivity contribution >= 4 is 17.4 Å². The van der Waals surface area contributed by atoms with Crippen molar-refractivity contribution in [1.82, 2.24) is 9.97 Å². The Morgan fingerprint density at radius 1 is 1.04 bits per heavy atom. The molecule has 0 bridgehead atoms. The summed E-state index contributed by atoms with van der Waals surface area (Å²) >= 11 is 0. The third-order valence-corrected chi connectivity index (χ3v) is 3.96. The lowest BCUT2D eigenvalue weighted by atomic mass is 10.2. The Bertz CT molecular complexity index is 882. The number of nitrogens with zero attached hydrogens (tertiary/aromatic N) is 3. The second-order valence-corrected chi connectivity index (χ2v) is 5.98. The van der Waals surface area contributed by atoms with E-state index in [1.807, 2.05) is 55.3 Å².